The quantitative estimate of drug-likeness (QED) is 0.385. The molecule has 0 aromatic carbocycles. The smallest absolute Gasteiger partial charge is 0.333 e. The van der Waals surface area contributed by atoms with E-state index in [1.165, 1.54) is 0 Å². The molecule has 0 saturated heterocycles. The van der Waals surface area contributed by atoms with Gasteiger partial charge < -0.3 is 4.74 Å². The zero-order valence-electron chi connectivity index (χ0n) is 9.85. The van der Waals surface area contributed by atoms with Crippen LogP contribution >= 0.6 is 0 Å². The van der Waals surface area contributed by atoms with E-state index in [1.807, 2.05) is 0 Å². The Bertz CT molecular complexity index is 199. The molecular formula is C12H22O2. The van der Waals surface area contributed by atoms with Gasteiger partial charge in [0, 0.05) is 5.57 Å². The van der Waals surface area contributed by atoms with Gasteiger partial charge in [0.05, 0.1) is 6.61 Å². The summed E-state index contributed by atoms with van der Waals surface area (Å²) in [5.41, 5.74) is 0.846. The number of carbonyl (C=O) groups is 1. The van der Waals surface area contributed by atoms with E-state index in [0.29, 0.717) is 17.6 Å². The topological polar surface area (TPSA) is 26.3 Å². The Balaban J connectivity index is 3.39. The van der Waals surface area contributed by atoms with Crippen molar-refractivity contribution < 1.29 is 9.53 Å². The van der Waals surface area contributed by atoms with Crippen LogP contribution in [0.1, 0.15) is 47.0 Å². The number of hydrogen-bond acceptors (Lipinski definition) is 2. The van der Waals surface area contributed by atoms with Crippen LogP contribution in [0, 0.1) is 5.41 Å². The van der Waals surface area contributed by atoms with Gasteiger partial charge in [0.2, 0.25) is 0 Å². The molecule has 0 N–H and O–H groups in total. The average molecular weight is 198 g/mol. The summed E-state index contributed by atoms with van der Waals surface area (Å²) >= 11 is 0. The lowest BCUT2D eigenvalue weighted by Gasteiger charge is -2.17. The van der Waals surface area contributed by atoms with Crippen molar-refractivity contribution in [2.24, 2.45) is 5.41 Å². The first kappa shape index (κ1) is 13.2. The van der Waals surface area contributed by atoms with Gasteiger partial charge in [0.25, 0.3) is 0 Å². The summed E-state index contributed by atoms with van der Waals surface area (Å²) in [4.78, 5) is 11.0. The zero-order chi connectivity index (χ0) is 11.2. The SMILES string of the molecule is C=C(C)C(=O)OCCCCC(C)(C)C. The highest BCUT2D eigenvalue weighted by Gasteiger charge is 2.09. The molecule has 0 aliphatic heterocycles. The van der Waals surface area contributed by atoms with Gasteiger partial charge in [-0.15, -0.1) is 0 Å². The fraction of sp³-hybridized carbons (Fsp3) is 0.750. The maximum absolute atomic E-state index is 11.0. The number of carbonyl (C=O) groups excluding carboxylic acids is 1. The van der Waals surface area contributed by atoms with Crippen molar-refractivity contribution >= 4 is 5.97 Å². The van der Waals surface area contributed by atoms with Crippen LogP contribution < -0.4 is 0 Å². The van der Waals surface area contributed by atoms with Crippen molar-refractivity contribution in [1.29, 1.82) is 0 Å². The Morgan fingerprint density at radius 1 is 1.29 bits per heavy atom. The predicted octanol–water partition coefficient (Wildman–Crippen LogP) is 3.32. The summed E-state index contributed by atoms with van der Waals surface area (Å²) < 4.78 is 4.98. The van der Waals surface area contributed by atoms with Crippen molar-refractivity contribution in [3.05, 3.63) is 12.2 Å². The first-order valence-corrected chi connectivity index (χ1v) is 5.15. The molecule has 0 spiro atoms. The van der Waals surface area contributed by atoms with E-state index in [4.69, 9.17) is 4.74 Å². The largest absolute Gasteiger partial charge is 0.462 e. The van der Waals surface area contributed by atoms with Crippen molar-refractivity contribution in [3.63, 3.8) is 0 Å². The Hall–Kier alpha value is -0.790. The third-order valence-corrected chi connectivity index (χ3v) is 1.90. The second-order valence-corrected chi connectivity index (χ2v) is 4.93. The molecule has 2 nitrogen and oxygen atoms in total. The van der Waals surface area contributed by atoms with Gasteiger partial charge in [-0.05, 0) is 31.6 Å². The predicted molar refractivity (Wildman–Crippen MR) is 59.1 cm³/mol. The zero-order valence-corrected chi connectivity index (χ0v) is 9.85. The van der Waals surface area contributed by atoms with E-state index < -0.39 is 0 Å². The maximum Gasteiger partial charge on any atom is 0.333 e. The maximum atomic E-state index is 11.0. The van der Waals surface area contributed by atoms with E-state index in [0.717, 1.165) is 19.3 Å². The molecule has 0 fully saturated rings. The fourth-order valence-electron chi connectivity index (χ4n) is 1.05. The Morgan fingerprint density at radius 3 is 2.29 bits per heavy atom. The Kier molecular flexibility index (Phi) is 5.51. The summed E-state index contributed by atoms with van der Waals surface area (Å²) in [6, 6.07) is 0. The van der Waals surface area contributed by atoms with Crippen LogP contribution in [-0.4, -0.2) is 12.6 Å². The second kappa shape index (κ2) is 5.84. The molecule has 0 radical (unpaired) electrons. The van der Waals surface area contributed by atoms with Crippen LogP contribution in [0.15, 0.2) is 12.2 Å². The van der Waals surface area contributed by atoms with Gasteiger partial charge in [-0.3, -0.25) is 0 Å². The molecule has 0 unspecified atom stereocenters. The van der Waals surface area contributed by atoms with Crippen LogP contribution in [0.25, 0.3) is 0 Å². The molecule has 0 bridgehead atoms. The van der Waals surface area contributed by atoms with E-state index in [1.54, 1.807) is 6.92 Å². The second-order valence-electron chi connectivity index (χ2n) is 4.93. The van der Waals surface area contributed by atoms with Crippen molar-refractivity contribution in [1.82, 2.24) is 0 Å². The lowest BCUT2D eigenvalue weighted by Crippen LogP contribution is -2.08. The highest BCUT2D eigenvalue weighted by Crippen LogP contribution is 2.21. The van der Waals surface area contributed by atoms with Gasteiger partial charge in [0.1, 0.15) is 0 Å². The minimum atomic E-state index is -0.277. The molecule has 82 valence electrons. The number of rotatable bonds is 5. The van der Waals surface area contributed by atoms with Crippen molar-refractivity contribution in [2.45, 2.75) is 47.0 Å². The summed E-state index contributed by atoms with van der Waals surface area (Å²) in [6.07, 6.45) is 3.21. The van der Waals surface area contributed by atoms with Crippen molar-refractivity contribution in [2.75, 3.05) is 6.61 Å². The molecule has 0 rings (SSSR count). The third kappa shape index (κ3) is 7.84. The van der Waals surface area contributed by atoms with Crippen LogP contribution in [0.5, 0.6) is 0 Å². The summed E-state index contributed by atoms with van der Waals surface area (Å²) in [6.45, 7) is 12.3. The van der Waals surface area contributed by atoms with Crippen LogP contribution in [0.3, 0.4) is 0 Å². The Labute approximate surface area is 87.3 Å². The molecular weight excluding hydrogens is 176 g/mol. The first-order chi connectivity index (χ1) is 6.33. The monoisotopic (exact) mass is 198 g/mol. The van der Waals surface area contributed by atoms with E-state index in [2.05, 4.69) is 27.4 Å². The normalized spacial score (nSPS) is 11.1. The molecule has 0 atom stereocenters. The van der Waals surface area contributed by atoms with Gasteiger partial charge in [-0.2, -0.15) is 0 Å². The molecule has 0 aromatic heterocycles. The summed E-state index contributed by atoms with van der Waals surface area (Å²) in [5, 5.41) is 0. The molecule has 0 amide bonds. The average Bonchev–Trinajstić information content (AvgIpc) is 2.01. The third-order valence-electron chi connectivity index (χ3n) is 1.90. The summed E-state index contributed by atoms with van der Waals surface area (Å²) in [7, 11) is 0. The molecule has 0 aliphatic rings. The number of hydrogen-bond donors (Lipinski definition) is 0. The molecule has 0 heterocycles. The standard InChI is InChI=1S/C12H22O2/c1-10(2)11(13)14-9-7-6-8-12(3,4)5/h1,6-9H2,2-5H3. The molecule has 14 heavy (non-hydrogen) atoms. The lowest BCUT2D eigenvalue weighted by molar-refractivity contribution is -0.139. The lowest BCUT2D eigenvalue weighted by atomic mass is 9.90. The Morgan fingerprint density at radius 2 is 1.86 bits per heavy atom. The van der Waals surface area contributed by atoms with Crippen LogP contribution in [0.4, 0.5) is 0 Å². The van der Waals surface area contributed by atoms with E-state index >= 15 is 0 Å². The first-order valence-electron chi connectivity index (χ1n) is 5.15. The minimum absolute atomic E-state index is 0.277. The van der Waals surface area contributed by atoms with Crippen molar-refractivity contribution in [3.8, 4) is 0 Å². The molecule has 2 heteroatoms. The van der Waals surface area contributed by atoms with Crippen LogP contribution in [-0.2, 0) is 9.53 Å². The summed E-state index contributed by atoms with van der Waals surface area (Å²) in [5.74, 6) is -0.277. The highest BCUT2D eigenvalue weighted by atomic mass is 16.5. The fourth-order valence-corrected chi connectivity index (χ4v) is 1.05. The molecule has 0 aliphatic carbocycles. The highest BCUT2D eigenvalue weighted by molar-refractivity contribution is 5.86. The van der Waals surface area contributed by atoms with Crippen LogP contribution in [0.2, 0.25) is 0 Å². The minimum Gasteiger partial charge on any atom is -0.462 e. The van der Waals surface area contributed by atoms with Gasteiger partial charge in [-0.25, -0.2) is 4.79 Å². The number of ether oxygens (including phenoxy) is 1. The molecule has 0 saturated carbocycles. The number of esters is 1. The van der Waals surface area contributed by atoms with E-state index in [-0.39, 0.29) is 5.97 Å². The van der Waals surface area contributed by atoms with E-state index in [9.17, 15) is 4.79 Å². The van der Waals surface area contributed by atoms with Gasteiger partial charge in [-0.1, -0.05) is 27.4 Å². The number of unbranched alkanes of at least 4 members (excludes halogenated alkanes) is 1. The van der Waals surface area contributed by atoms with Gasteiger partial charge >= 0.3 is 5.97 Å². The van der Waals surface area contributed by atoms with Gasteiger partial charge in [0.15, 0.2) is 0 Å². The molecule has 0 aromatic rings.